The summed E-state index contributed by atoms with van der Waals surface area (Å²) in [7, 11) is 0. The third-order valence-electron chi connectivity index (χ3n) is 3.48. The maximum absolute atomic E-state index is 4.13. The van der Waals surface area contributed by atoms with Gasteiger partial charge in [-0.15, -0.1) is 12.4 Å². The molecule has 1 saturated heterocycles. The Kier molecular flexibility index (Phi) is 5.11. The maximum Gasteiger partial charge on any atom is 0.138 e. The topological polar surface area (TPSA) is 46.0 Å². The molecule has 20 heavy (non-hydrogen) atoms. The molecule has 0 spiro atoms. The summed E-state index contributed by atoms with van der Waals surface area (Å²) in [6.07, 6.45) is 3.27. The second-order valence-corrected chi connectivity index (χ2v) is 5.10. The summed E-state index contributed by atoms with van der Waals surface area (Å²) in [5, 5.41) is 7.59. The van der Waals surface area contributed by atoms with E-state index in [0.29, 0.717) is 6.04 Å². The van der Waals surface area contributed by atoms with Crippen LogP contribution >= 0.6 is 12.4 Å². The fourth-order valence-corrected chi connectivity index (χ4v) is 2.51. The van der Waals surface area contributed by atoms with E-state index in [9.17, 15) is 0 Å². The Bertz CT molecular complexity index is 511. The molecule has 1 atom stereocenters. The molecular formula is C14H20ClN5. The molecule has 0 amide bonds. The zero-order chi connectivity index (χ0) is 13.1. The highest BCUT2D eigenvalue weighted by molar-refractivity contribution is 5.85. The van der Waals surface area contributed by atoms with Crippen LogP contribution < -0.4 is 5.32 Å². The average molecular weight is 294 g/mol. The van der Waals surface area contributed by atoms with E-state index in [0.717, 1.165) is 31.9 Å². The van der Waals surface area contributed by atoms with Crippen molar-refractivity contribution in [1.82, 2.24) is 25.0 Å². The molecule has 1 aromatic heterocycles. The van der Waals surface area contributed by atoms with Gasteiger partial charge >= 0.3 is 0 Å². The Labute approximate surface area is 125 Å². The molecule has 1 aliphatic rings. The van der Waals surface area contributed by atoms with Crippen molar-refractivity contribution in [3.05, 3.63) is 42.5 Å². The number of hydrogen-bond donors (Lipinski definition) is 1. The van der Waals surface area contributed by atoms with Crippen molar-refractivity contribution in [2.45, 2.75) is 19.5 Å². The van der Waals surface area contributed by atoms with Gasteiger partial charge in [-0.2, -0.15) is 5.10 Å². The number of hydrogen-bond acceptors (Lipinski definition) is 4. The van der Waals surface area contributed by atoms with Crippen LogP contribution in [-0.4, -0.2) is 45.3 Å². The molecular weight excluding hydrogens is 274 g/mol. The second kappa shape index (κ2) is 6.83. The van der Waals surface area contributed by atoms with Gasteiger partial charge in [0.05, 0.1) is 5.69 Å². The Morgan fingerprint density at radius 1 is 1.30 bits per heavy atom. The van der Waals surface area contributed by atoms with Crippen molar-refractivity contribution in [3.63, 3.8) is 0 Å². The third-order valence-corrected chi connectivity index (χ3v) is 3.48. The smallest absolute Gasteiger partial charge is 0.138 e. The monoisotopic (exact) mass is 293 g/mol. The summed E-state index contributed by atoms with van der Waals surface area (Å²) >= 11 is 0. The molecule has 5 nitrogen and oxygen atoms in total. The summed E-state index contributed by atoms with van der Waals surface area (Å²) in [4.78, 5) is 6.45. The molecule has 3 rings (SSSR count). The molecule has 2 heterocycles. The average Bonchev–Trinajstić information content (AvgIpc) is 2.94. The third kappa shape index (κ3) is 3.56. The minimum Gasteiger partial charge on any atom is -0.312 e. The Balaban J connectivity index is 0.00000147. The number of piperazine rings is 1. The standard InChI is InChI=1S/C14H19N5.ClH/c1-12-8-18(7-6-16-12)9-13-2-4-14(5-3-13)19-11-15-10-17-19;/h2-5,10-12,16H,6-9H2,1H3;1H. The first-order valence-electron chi connectivity index (χ1n) is 6.71. The summed E-state index contributed by atoms with van der Waals surface area (Å²) in [5.74, 6) is 0. The molecule has 1 unspecified atom stereocenters. The largest absolute Gasteiger partial charge is 0.312 e. The molecule has 1 N–H and O–H groups in total. The number of nitrogens with zero attached hydrogens (tertiary/aromatic N) is 4. The fraction of sp³-hybridized carbons (Fsp3) is 0.429. The van der Waals surface area contributed by atoms with Gasteiger partial charge < -0.3 is 5.32 Å². The highest BCUT2D eigenvalue weighted by Crippen LogP contribution is 2.11. The van der Waals surface area contributed by atoms with Gasteiger partial charge in [-0.3, -0.25) is 4.90 Å². The first kappa shape index (κ1) is 15.0. The van der Waals surface area contributed by atoms with E-state index in [1.807, 2.05) is 0 Å². The lowest BCUT2D eigenvalue weighted by Gasteiger charge is -2.31. The SMILES string of the molecule is CC1CN(Cc2ccc(-n3cncn3)cc2)CCN1.Cl. The van der Waals surface area contributed by atoms with Crippen molar-refractivity contribution in [2.24, 2.45) is 0 Å². The van der Waals surface area contributed by atoms with Crippen molar-refractivity contribution in [3.8, 4) is 5.69 Å². The van der Waals surface area contributed by atoms with E-state index >= 15 is 0 Å². The zero-order valence-electron chi connectivity index (χ0n) is 11.6. The predicted octanol–water partition coefficient (Wildman–Crippen LogP) is 1.48. The van der Waals surface area contributed by atoms with E-state index in [1.165, 1.54) is 5.56 Å². The molecule has 0 bridgehead atoms. The van der Waals surface area contributed by atoms with Gasteiger partial charge in [0.2, 0.25) is 0 Å². The Morgan fingerprint density at radius 2 is 2.10 bits per heavy atom. The highest BCUT2D eigenvalue weighted by atomic mass is 35.5. The summed E-state index contributed by atoms with van der Waals surface area (Å²) in [6.45, 7) is 6.57. The van der Waals surface area contributed by atoms with Gasteiger partial charge in [-0.1, -0.05) is 12.1 Å². The molecule has 1 aromatic carbocycles. The van der Waals surface area contributed by atoms with Crippen molar-refractivity contribution in [1.29, 1.82) is 0 Å². The first-order chi connectivity index (χ1) is 9.31. The molecule has 108 valence electrons. The maximum atomic E-state index is 4.13. The lowest BCUT2D eigenvalue weighted by Crippen LogP contribution is -2.48. The molecule has 6 heteroatoms. The number of aromatic nitrogens is 3. The molecule has 2 aromatic rings. The van der Waals surface area contributed by atoms with Crippen LogP contribution in [0.1, 0.15) is 12.5 Å². The van der Waals surface area contributed by atoms with Crippen LogP contribution in [0.5, 0.6) is 0 Å². The van der Waals surface area contributed by atoms with Crippen LogP contribution in [0.2, 0.25) is 0 Å². The minimum atomic E-state index is 0. The lowest BCUT2D eigenvalue weighted by molar-refractivity contribution is 0.199. The van der Waals surface area contributed by atoms with Crippen molar-refractivity contribution in [2.75, 3.05) is 19.6 Å². The minimum absolute atomic E-state index is 0. The number of benzene rings is 1. The van der Waals surface area contributed by atoms with E-state index < -0.39 is 0 Å². The molecule has 0 radical (unpaired) electrons. The van der Waals surface area contributed by atoms with Gasteiger partial charge in [0.1, 0.15) is 12.7 Å². The zero-order valence-corrected chi connectivity index (χ0v) is 12.4. The van der Waals surface area contributed by atoms with Crippen LogP contribution in [0.15, 0.2) is 36.9 Å². The number of halogens is 1. The number of rotatable bonds is 3. The quantitative estimate of drug-likeness (QED) is 0.931. The number of nitrogens with one attached hydrogen (secondary N) is 1. The van der Waals surface area contributed by atoms with Crippen LogP contribution in [0.4, 0.5) is 0 Å². The van der Waals surface area contributed by atoms with E-state index in [1.54, 1.807) is 17.3 Å². The van der Waals surface area contributed by atoms with Gasteiger partial charge in [0.15, 0.2) is 0 Å². The van der Waals surface area contributed by atoms with E-state index in [4.69, 9.17) is 0 Å². The van der Waals surface area contributed by atoms with Crippen LogP contribution in [0.3, 0.4) is 0 Å². The van der Waals surface area contributed by atoms with Crippen LogP contribution in [-0.2, 0) is 6.54 Å². The van der Waals surface area contributed by atoms with Crippen molar-refractivity contribution >= 4 is 12.4 Å². The Morgan fingerprint density at radius 3 is 2.75 bits per heavy atom. The molecule has 0 aliphatic carbocycles. The normalized spacial score (nSPS) is 19.6. The van der Waals surface area contributed by atoms with Crippen LogP contribution in [0, 0.1) is 0 Å². The molecule has 0 saturated carbocycles. The second-order valence-electron chi connectivity index (χ2n) is 5.10. The summed E-state index contributed by atoms with van der Waals surface area (Å²) in [5.41, 5.74) is 2.40. The Hall–Kier alpha value is -1.43. The van der Waals surface area contributed by atoms with E-state index in [-0.39, 0.29) is 12.4 Å². The first-order valence-corrected chi connectivity index (χ1v) is 6.71. The van der Waals surface area contributed by atoms with Gasteiger partial charge in [0, 0.05) is 32.2 Å². The highest BCUT2D eigenvalue weighted by Gasteiger charge is 2.15. The van der Waals surface area contributed by atoms with Gasteiger partial charge in [0.25, 0.3) is 0 Å². The van der Waals surface area contributed by atoms with Gasteiger partial charge in [-0.05, 0) is 24.6 Å². The van der Waals surface area contributed by atoms with Gasteiger partial charge in [-0.25, -0.2) is 9.67 Å². The lowest BCUT2D eigenvalue weighted by atomic mass is 10.1. The molecule has 1 aliphatic heterocycles. The van der Waals surface area contributed by atoms with Crippen molar-refractivity contribution < 1.29 is 0 Å². The predicted molar refractivity (Wildman–Crippen MR) is 81.3 cm³/mol. The summed E-state index contributed by atoms with van der Waals surface area (Å²) in [6, 6.07) is 9.11. The molecule has 1 fully saturated rings. The van der Waals surface area contributed by atoms with Crippen LogP contribution in [0.25, 0.3) is 5.69 Å². The fourth-order valence-electron chi connectivity index (χ4n) is 2.51. The van der Waals surface area contributed by atoms with E-state index in [2.05, 4.69) is 51.5 Å². The summed E-state index contributed by atoms with van der Waals surface area (Å²) < 4.78 is 1.77.